The molecule has 0 aliphatic heterocycles. The third kappa shape index (κ3) is 5.24. The van der Waals surface area contributed by atoms with E-state index in [9.17, 15) is 4.39 Å². The van der Waals surface area contributed by atoms with Crippen molar-refractivity contribution in [1.82, 2.24) is 5.32 Å². The van der Waals surface area contributed by atoms with Crippen LogP contribution in [0.15, 0.2) is 24.3 Å². The molecule has 2 heteroatoms. The van der Waals surface area contributed by atoms with Crippen molar-refractivity contribution in [1.29, 1.82) is 0 Å². The smallest absolute Gasteiger partial charge is 0.123 e. The molecule has 1 N–H and O–H groups in total. The minimum atomic E-state index is -0.118. The second-order valence-electron chi connectivity index (χ2n) is 6.18. The first-order valence-electron chi connectivity index (χ1n) is 8.25. The molecule has 112 valence electrons. The third-order valence-corrected chi connectivity index (χ3v) is 4.46. The SMILES string of the molecule is CCNC(Cc1cccc(F)c1)CC1CCCCCC1. The normalized spacial score (nSPS) is 18.7. The number of likely N-dealkylation sites (N-methyl/N-ethyl adjacent to an activating group) is 1. The van der Waals surface area contributed by atoms with Crippen LogP contribution >= 0.6 is 0 Å². The number of halogens is 1. The van der Waals surface area contributed by atoms with Gasteiger partial charge in [0, 0.05) is 6.04 Å². The molecule has 0 amide bonds. The van der Waals surface area contributed by atoms with Gasteiger partial charge in [0.2, 0.25) is 0 Å². The van der Waals surface area contributed by atoms with Crippen LogP contribution in [-0.4, -0.2) is 12.6 Å². The van der Waals surface area contributed by atoms with Crippen LogP contribution in [-0.2, 0) is 6.42 Å². The van der Waals surface area contributed by atoms with Crippen molar-refractivity contribution in [3.05, 3.63) is 35.6 Å². The fraction of sp³-hybridized carbons (Fsp3) is 0.667. The first kappa shape index (κ1) is 15.5. The summed E-state index contributed by atoms with van der Waals surface area (Å²) >= 11 is 0. The van der Waals surface area contributed by atoms with Gasteiger partial charge in [-0.15, -0.1) is 0 Å². The number of nitrogens with one attached hydrogen (secondary N) is 1. The molecule has 0 spiro atoms. The van der Waals surface area contributed by atoms with Crippen LogP contribution in [0.5, 0.6) is 0 Å². The molecule has 0 bridgehead atoms. The standard InChI is InChI=1S/C18H28FN/c1-2-20-18(13-15-8-5-3-4-6-9-15)14-16-10-7-11-17(19)12-16/h7,10-12,15,18,20H,2-6,8-9,13-14H2,1H3. The maximum atomic E-state index is 13.3. The predicted molar refractivity (Wildman–Crippen MR) is 83.4 cm³/mol. The van der Waals surface area contributed by atoms with Crippen LogP contribution in [0.4, 0.5) is 4.39 Å². The fourth-order valence-corrected chi connectivity index (χ4v) is 3.48. The zero-order valence-corrected chi connectivity index (χ0v) is 12.7. The molecule has 1 aromatic carbocycles. The maximum Gasteiger partial charge on any atom is 0.123 e. The van der Waals surface area contributed by atoms with Crippen molar-refractivity contribution < 1.29 is 4.39 Å². The van der Waals surface area contributed by atoms with Crippen molar-refractivity contribution in [3.63, 3.8) is 0 Å². The van der Waals surface area contributed by atoms with Gasteiger partial charge in [-0.3, -0.25) is 0 Å². The maximum absolute atomic E-state index is 13.3. The molecule has 1 nitrogen and oxygen atoms in total. The summed E-state index contributed by atoms with van der Waals surface area (Å²) in [4.78, 5) is 0. The van der Waals surface area contributed by atoms with Gasteiger partial charge in [0.05, 0.1) is 0 Å². The molecule has 1 unspecified atom stereocenters. The second-order valence-corrected chi connectivity index (χ2v) is 6.18. The molecule has 0 radical (unpaired) electrons. The highest BCUT2D eigenvalue weighted by molar-refractivity contribution is 5.17. The van der Waals surface area contributed by atoms with Gasteiger partial charge in [0.1, 0.15) is 5.82 Å². The van der Waals surface area contributed by atoms with Crippen LogP contribution in [0.3, 0.4) is 0 Å². The Morgan fingerprint density at radius 2 is 1.95 bits per heavy atom. The zero-order valence-electron chi connectivity index (χ0n) is 12.7. The monoisotopic (exact) mass is 277 g/mol. The van der Waals surface area contributed by atoms with E-state index in [1.165, 1.54) is 51.0 Å². The van der Waals surface area contributed by atoms with Crippen LogP contribution in [0, 0.1) is 11.7 Å². The second kappa shape index (κ2) is 8.41. The molecule has 2 rings (SSSR count). The summed E-state index contributed by atoms with van der Waals surface area (Å²) < 4.78 is 13.3. The van der Waals surface area contributed by atoms with E-state index in [1.807, 2.05) is 12.1 Å². The van der Waals surface area contributed by atoms with Gasteiger partial charge in [0.25, 0.3) is 0 Å². The van der Waals surface area contributed by atoms with Crippen molar-refractivity contribution in [2.45, 2.75) is 64.3 Å². The van der Waals surface area contributed by atoms with Crippen LogP contribution in [0.2, 0.25) is 0 Å². The van der Waals surface area contributed by atoms with E-state index in [0.717, 1.165) is 24.4 Å². The molecular formula is C18H28FN. The number of rotatable bonds is 6. The minimum absolute atomic E-state index is 0.118. The van der Waals surface area contributed by atoms with E-state index in [4.69, 9.17) is 0 Å². The Hall–Kier alpha value is -0.890. The molecule has 0 aromatic heterocycles. The van der Waals surface area contributed by atoms with E-state index in [2.05, 4.69) is 12.2 Å². The van der Waals surface area contributed by atoms with E-state index in [0.29, 0.717) is 6.04 Å². The van der Waals surface area contributed by atoms with E-state index in [-0.39, 0.29) is 5.82 Å². The molecule has 1 fully saturated rings. The molecule has 1 atom stereocenters. The predicted octanol–water partition coefficient (Wildman–Crippen LogP) is 4.71. The molecule has 1 aliphatic rings. The summed E-state index contributed by atoms with van der Waals surface area (Å²) in [6, 6.07) is 7.55. The highest BCUT2D eigenvalue weighted by Crippen LogP contribution is 2.27. The summed E-state index contributed by atoms with van der Waals surface area (Å²) in [6.45, 7) is 3.15. The summed E-state index contributed by atoms with van der Waals surface area (Å²) in [5, 5.41) is 3.60. The lowest BCUT2D eigenvalue weighted by Crippen LogP contribution is -2.33. The Kier molecular flexibility index (Phi) is 6.52. The van der Waals surface area contributed by atoms with Gasteiger partial charge in [-0.05, 0) is 43.0 Å². The zero-order chi connectivity index (χ0) is 14.2. The van der Waals surface area contributed by atoms with Gasteiger partial charge < -0.3 is 5.32 Å². The van der Waals surface area contributed by atoms with E-state index >= 15 is 0 Å². The first-order valence-corrected chi connectivity index (χ1v) is 8.25. The van der Waals surface area contributed by atoms with Crippen molar-refractivity contribution in [3.8, 4) is 0 Å². The van der Waals surface area contributed by atoms with Crippen molar-refractivity contribution in [2.24, 2.45) is 5.92 Å². The van der Waals surface area contributed by atoms with Gasteiger partial charge in [0.15, 0.2) is 0 Å². The number of hydrogen-bond donors (Lipinski definition) is 1. The number of benzene rings is 1. The van der Waals surface area contributed by atoms with Crippen LogP contribution < -0.4 is 5.32 Å². The Morgan fingerprint density at radius 3 is 2.60 bits per heavy atom. The molecule has 1 aromatic rings. The third-order valence-electron chi connectivity index (χ3n) is 4.46. The summed E-state index contributed by atoms with van der Waals surface area (Å²) in [5.41, 5.74) is 1.12. The van der Waals surface area contributed by atoms with E-state index < -0.39 is 0 Å². The highest BCUT2D eigenvalue weighted by Gasteiger charge is 2.18. The van der Waals surface area contributed by atoms with Crippen molar-refractivity contribution >= 4 is 0 Å². The number of hydrogen-bond acceptors (Lipinski definition) is 1. The Bertz CT molecular complexity index is 383. The Morgan fingerprint density at radius 1 is 1.20 bits per heavy atom. The average molecular weight is 277 g/mol. The van der Waals surface area contributed by atoms with Crippen molar-refractivity contribution in [2.75, 3.05) is 6.54 Å². The van der Waals surface area contributed by atoms with Gasteiger partial charge in [-0.1, -0.05) is 57.6 Å². The highest BCUT2D eigenvalue weighted by atomic mass is 19.1. The summed E-state index contributed by atoms with van der Waals surface area (Å²) in [5.74, 6) is 0.738. The van der Waals surface area contributed by atoms with Gasteiger partial charge in [-0.2, -0.15) is 0 Å². The quantitative estimate of drug-likeness (QED) is 0.743. The molecule has 1 aliphatic carbocycles. The lowest BCUT2D eigenvalue weighted by Gasteiger charge is -2.23. The largest absolute Gasteiger partial charge is 0.314 e. The topological polar surface area (TPSA) is 12.0 Å². The molecule has 0 saturated heterocycles. The van der Waals surface area contributed by atoms with Crippen LogP contribution in [0.1, 0.15) is 57.4 Å². The molecule has 0 heterocycles. The van der Waals surface area contributed by atoms with Gasteiger partial charge in [-0.25, -0.2) is 4.39 Å². The lowest BCUT2D eigenvalue weighted by atomic mass is 9.90. The fourth-order valence-electron chi connectivity index (χ4n) is 3.48. The average Bonchev–Trinajstić information content (AvgIpc) is 2.68. The molecule has 1 saturated carbocycles. The molecule has 20 heavy (non-hydrogen) atoms. The summed E-state index contributed by atoms with van der Waals surface area (Å²) in [6.07, 6.45) is 10.5. The Balaban J connectivity index is 1.91. The first-order chi connectivity index (χ1) is 9.78. The van der Waals surface area contributed by atoms with Crippen LogP contribution in [0.25, 0.3) is 0 Å². The molecular weight excluding hydrogens is 249 g/mol. The van der Waals surface area contributed by atoms with Gasteiger partial charge >= 0.3 is 0 Å². The van der Waals surface area contributed by atoms with E-state index in [1.54, 1.807) is 6.07 Å². The minimum Gasteiger partial charge on any atom is -0.314 e. The lowest BCUT2D eigenvalue weighted by molar-refractivity contribution is 0.352. The summed E-state index contributed by atoms with van der Waals surface area (Å²) in [7, 11) is 0. The Labute approximate surface area is 123 Å².